The molecule has 1 aliphatic rings. The molecule has 0 radical (unpaired) electrons. The predicted molar refractivity (Wildman–Crippen MR) is 243 cm³/mol. The van der Waals surface area contributed by atoms with E-state index in [4.69, 9.17) is 28.8 Å². The summed E-state index contributed by atoms with van der Waals surface area (Å²) in [7, 11) is -4.74. The van der Waals surface area contributed by atoms with Crippen molar-refractivity contribution in [1.29, 1.82) is 0 Å². The van der Waals surface area contributed by atoms with E-state index in [1.54, 1.807) is 11.8 Å². The Bertz CT molecular complexity index is 2470. The second-order valence-corrected chi connectivity index (χ2v) is 28.9. The third-order valence-corrected chi connectivity index (χ3v) is 22.3. The lowest BCUT2D eigenvalue weighted by atomic mass is 10.0. The second kappa shape index (κ2) is 16.1. The quantitative estimate of drug-likeness (QED) is 0.107. The molecule has 58 heavy (non-hydrogen) atoms. The van der Waals surface area contributed by atoms with Crippen molar-refractivity contribution in [2.75, 3.05) is 11.5 Å². The summed E-state index contributed by atoms with van der Waals surface area (Å²) < 4.78 is 30.2. The molecule has 0 spiro atoms. The lowest BCUT2D eigenvalue weighted by molar-refractivity contribution is -0.0244. The fraction of sp³-hybridized carbons (Fsp3) is 0.413. The van der Waals surface area contributed by atoms with Gasteiger partial charge in [-0.3, -0.25) is 0 Å². The zero-order chi connectivity index (χ0) is 41.6. The number of aromatic nitrogens is 4. The number of benzene rings is 3. The summed E-state index contributed by atoms with van der Waals surface area (Å²) in [6.45, 7) is 24.9. The van der Waals surface area contributed by atoms with Crippen molar-refractivity contribution in [2.45, 2.75) is 115 Å². The number of anilines is 1. The number of nitrogens with two attached hydrogens (primary N) is 1. The zero-order valence-electron chi connectivity index (χ0n) is 35.7. The van der Waals surface area contributed by atoms with Crippen LogP contribution in [0, 0.1) is 18.8 Å². The maximum Gasteiger partial charge on any atom is 0.192 e. The van der Waals surface area contributed by atoms with E-state index in [2.05, 4.69) is 125 Å². The normalized spacial score (nSPS) is 19.2. The van der Waals surface area contributed by atoms with Gasteiger partial charge in [0, 0.05) is 34.4 Å². The van der Waals surface area contributed by atoms with Crippen molar-refractivity contribution in [3.8, 4) is 23.2 Å². The van der Waals surface area contributed by atoms with Gasteiger partial charge in [0.2, 0.25) is 0 Å². The molecule has 1 saturated heterocycles. The van der Waals surface area contributed by atoms with Crippen LogP contribution in [0.2, 0.25) is 36.3 Å². The number of hydrogen-bond donors (Lipinski definition) is 1. The van der Waals surface area contributed by atoms with Crippen molar-refractivity contribution in [3.05, 3.63) is 108 Å². The smallest absolute Gasteiger partial charge is 0.192 e. The maximum absolute atomic E-state index is 7.49. The number of ether oxygens (including phenoxy) is 1. The minimum absolute atomic E-state index is 0.0410. The van der Waals surface area contributed by atoms with Gasteiger partial charge in [-0.05, 0) is 60.0 Å². The predicted octanol–water partition coefficient (Wildman–Crippen LogP) is 11.1. The lowest BCUT2D eigenvalue weighted by Crippen LogP contribution is -2.53. The number of fused-ring (bicyclic) bond motifs is 2. The number of nitrogens with zero attached hydrogens (tertiary/aromatic N) is 4. The van der Waals surface area contributed by atoms with E-state index in [0.717, 1.165) is 44.5 Å². The highest BCUT2D eigenvalue weighted by Crippen LogP contribution is 2.47. The van der Waals surface area contributed by atoms with Gasteiger partial charge in [0.05, 0.1) is 22.7 Å². The van der Waals surface area contributed by atoms with Crippen LogP contribution in [-0.2, 0) is 19.3 Å². The lowest BCUT2D eigenvalue weighted by Gasteiger charge is -2.44. The summed E-state index contributed by atoms with van der Waals surface area (Å²) in [4.78, 5) is 9.24. The van der Waals surface area contributed by atoms with Crippen LogP contribution in [-0.4, -0.2) is 60.4 Å². The molecule has 4 heterocycles. The van der Waals surface area contributed by atoms with E-state index in [9.17, 15) is 0 Å². The van der Waals surface area contributed by atoms with Gasteiger partial charge in [-0.2, -0.15) is 11.8 Å². The summed E-state index contributed by atoms with van der Waals surface area (Å²) in [6, 6.07) is 24.6. The molecule has 9 nitrogen and oxygen atoms in total. The average molecular weight is 832 g/mol. The van der Waals surface area contributed by atoms with E-state index in [1.165, 1.54) is 6.33 Å². The molecule has 6 aromatic rings. The minimum Gasteiger partial charge on any atom is -0.408 e. The van der Waals surface area contributed by atoms with Crippen LogP contribution in [0.4, 0.5) is 5.82 Å². The SMILES string of the molecule is Cc1noc(-c2ccccc2)c1CSC[C@H]1O[C@@H](n2cc(C#Cc3cccc4ccccc34)c3c(N)ncnc32)[C@H](O[Si](C)(C)C(C)(C)C)[C@@H]1O[Si](C)(C)C(C)(C)C. The number of thioether (sulfide) groups is 1. The Morgan fingerprint density at radius 1 is 0.810 bits per heavy atom. The molecule has 1 fully saturated rings. The van der Waals surface area contributed by atoms with Gasteiger partial charge in [0.1, 0.15) is 30.0 Å². The number of aryl methyl sites for hydroxylation is 1. The third-order valence-electron chi connectivity index (χ3n) is 12.3. The monoisotopic (exact) mass is 831 g/mol. The van der Waals surface area contributed by atoms with E-state index >= 15 is 0 Å². The topological polar surface area (TPSA) is 110 Å². The van der Waals surface area contributed by atoms with Crippen molar-refractivity contribution in [3.63, 3.8) is 0 Å². The van der Waals surface area contributed by atoms with Crippen molar-refractivity contribution in [1.82, 2.24) is 19.7 Å². The first-order chi connectivity index (χ1) is 27.4. The van der Waals surface area contributed by atoms with E-state index in [-0.39, 0.29) is 22.3 Å². The van der Waals surface area contributed by atoms with Gasteiger partial charge >= 0.3 is 0 Å². The molecule has 304 valence electrons. The van der Waals surface area contributed by atoms with E-state index in [1.807, 2.05) is 55.6 Å². The van der Waals surface area contributed by atoms with Gasteiger partial charge in [0.15, 0.2) is 28.6 Å². The van der Waals surface area contributed by atoms with Gasteiger partial charge in [0.25, 0.3) is 0 Å². The summed E-state index contributed by atoms with van der Waals surface area (Å²) in [5, 5.41) is 7.18. The third kappa shape index (κ3) is 8.30. The molecule has 4 atom stereocenters. The van der Waals surface area contributed by atoms with Gasteiger partial charge in [-0.15, -0.1) is 0 Å². The van der Waals surface area contributed by atoms with Crippen LogP contribution in [0.5, 0.6) is 0 Å². The molecule has 0 amide bonds. The molecule has 0 bridgehead atoms. The molecular weight excluding hydrogens is 775 g/mol. The highest BCUT2D eigenvalue weighted by Gasteiger charge is 2.54. The maximum atomic E-state index is 7.49. The average Bonchev–Trinajstić information content (AvgIpc) is 3.83. The fourth-order valence-electron chi connectivity index (χ4n) is 6.89. The van der Waals surface area contributed by atoms with E-state index < -0.39 is 29.0 Å². The molecular formula is C46H57N5O4SSi2. The number of hydrogen-bond acceptors (Lipinski definition) is 9. The number of nitrogen functional groups attached to an aromatic ring is 1. The van der Waals surface area contributed by atoms with Crippen LogP contribution in [0.1, 0.15) is 70.2 Å². The molecule has 0 aliphatic carbocycles. The molecule has 3 aromatic heterocycles. The second-order valence-electron chi connectivity index (χ2n) is 18.4. The van der Waals surface area contributed by atoms with Crippen molar-refractivity contribution >= 4 is 56.0 Å². The molecule has 0 saturated carbocycles. The molecule has 0 unspecified atom stereocenters. The largest absolute Gasteiger partial charge is 0.408 e. The van der Waals surface area contributed by atoms with Crippen LogP contribution >= 0.6 is 11.8 Å². The van der Waals surface area contributed by atoms with Crippen LogP contribution in [0.15, 0.2) is 89.8 Å². The first kappa shape index (κ1) is 41.9. The molecule has 12 heteroatoms. The van der Waals surface area contributed by atoms with Gasteiger partial charge in [-0.25, -0.2) is 9.97 Å². The Morgan fingerprint density at radius 3 is 2.16 bits per heavy atom. The van der Waals surface area contributed by atoms with Crippen LogP contribution in [0.25, 0.3) is 33.1 Å². The first-order valence-corrected chi connectivity index (χ1v) is 27.0. The van der Waals surface area contributed by atoms with Crippen molar-refractivity contribution < 1.29 is 18.1 Å². The molecule has 7 rings (SSSR count). The van der Waals surface area contributed by atoms with Gasteiger partial charge < -0.3 is 28.4 Å². The Morgan fingerprint density at radius 2 is 1.45 bits per heavy atom. The minimum atomic E-state index is -2.39. The summed E-state index contributed by atoms with van der Waals surface area (Å²) >= 11 is 1.80. The summed E-state index contributed by atoms with van der Waals surface area (Å²) in [6.07, 6.45) is 1.86. The summed E-state index contributed by atoms with van der Waals surface area (Å²) in [5.41, 5.74) is 11.9. The Labute approximate surface area is 349 Å². The zero-order valence-corrected chi connectivity index (χ0v) is 38.5. The number of rotatable bonds is 10. The van der Waals surface area contributed by atoms with Crippen LogP contribution in [0.3, 0.4) is 0 Å². The Balaban J connectivity index is 1.31. The highest BCUT2D eigenvalue weighted by molar-refractivity contribution is 7.98. The highest BCUT2D eigenvalue weighted by atomic mass is 32.2. The Hall–Kier alpha value is -4.23. The van der Waals surface area contributed by atoms with Crippen LogP contribution < -0.4 is 5.73 Å². The van der Waals surface area contributed by atoms with Gasteiger partial charge in [-0.1, -0.05) is 125 Å². The van der Waals surface area contributed by atoms with Crippen molar-refractivity contribution in [2.24, 2.45) is 0 Å². The first-order valence-electron chi connectivity index (χ1n) is 20.1. The molecule has 2 N–H and O–H groups in total. The standard InChI is InChI=1S/C46H57N5O4SSi2/c1-30-36(39(53-50-30)33-19-13-12-14-20-33)27-56-28-37-40(54-57(8,9)45(2,3)4)41(55-58(10,11)46(5,6)7)44(52-37)51-26-34(38-42(47)48-29-49-43(38)51)25-24-32-22-17-21-31-18-15-16-23-35(31)32/h12-23,26,29,37,40-41,44H,27-28H2,1-11H3,(H2,47,48,49)/t37-,40-,41-,44-/m1/s1. The summed E-state index contributed by atoms with van der Waals surface area (Å²) in [5.74, 6) is 9.44. The van der Waals surface area contributed by atoms with E-state index in [0.29, 0.717) is 28.4 Å². The fourth-order valence-corrected chi connectivity index (χ4v) is 10.7. The molecule has 3 aromatic carbocycles. The molecule has 1 aliphatic heterocycles. The Kier molecular flexibility index (Phi) is 11.6.